The minimum absolute atomic E-state index is 0.371. The Hall–Kier alpha value is -2.88. The van der Waals surface area contributed by atoms with E-state index in [9.17, 15) is 43.4 Å². The van der Waals surface area contributed by atoms with E-state index in [1.165, 1.54) is 31.5 Å². The maximum absolute atomic E-state index is 12.9. The minimum atomic E-state index is -5.70. The second-order valence-electron chi connectivity index (χ2n) is 10.5. The van der Waals surface area contributed by atoms with Gasteiger partial charge in [-0.15, -0.1) is 0 Å². The van der Waals surface area contributed by atoms with Crippen LogP contribution in [0.3, 0.4) is 0 Å². The molecule has 6 N–H and O–H groups in total. The molecule has 46 heavy (non-hydrogen) atoms. The van der Waals surface area contributed by atoms with Crippen LogP contribution >= 0.6 is 23.2 Å². The van der Waals surface area contributed by atoms with Crippen molar-refractivity contribution in [1.29, 1.82) is 0 Å². The molecule has 0 bridgehead atoms. The number of aliphatic hydroxyl groups is 2. The molecule has 2 amide bonds. The first-order chi connectivity index (χ1) is 21.5. The topological polar surface area (TPSA) is 240 Å². The highest BCUT2D eigenvalue weighted by Gasteiger charge is 2.50. The quantitative estimate of drug-likeness (QED) is 0.184. The number of ether oxygens (including phenoxy) is 3. The number of nitrogens with zero attached hydrogens (tertiary/aromatic N) is 1. The zero-order chi connectivity index (χ0) is 33.6. The van der Waals surface area contributed by atoms with Crippen LogP contribution in [-0.2, 0) is 36.3 Å². The number of hydrogen-bond acceptors (Lipinski definition) is 12. The van der Waals surface area contributed by atoms with Crippen LogP contribution in [0.4, 0.5) is 4.79 Å². The molecule has 0 spiro atoms. The number of nitrogens with one attached hydrogen (secondary N) is 1. The molecule has 1 saturated heterocycles. The van der Waals surface area contributed by atoms with Crippen molar-refractivity contribution in [2.75, 3.05) is 13.7 Å². The Bertz CT molecular complexity index is 1730. The molecule has 3 heterocycles. The highest BCUT2D eigenvalue weighted by molar-refractivity contribution is 7.71. The second kappa shape index (κ2) is 13.0. The molecule has 5 rings (SSSR count). The first-order valence-corrected chi connectivity index (χ1v) is 18.0. The van der Waals surface area contributed by atoms with Crippen LogP contribution in [0.1, 0.15) is 16.7 Å². The predicted molar refractivity (Wildman–Crippen MR) is 158 cm³/mol. The lowest BCUT2D eigenvalue weighted by atomic mass is 10.1. The Morgan fingerprint density at radius 1 is 0.957 bits per heavy atom. The molecule has 2 aromatic rings. The molecule has 4 unspecified atom stereocenters. The summed E-state index contributed by atoms with van der Waals surface area (Å²) in [5.41, 5.74) is 2.46. The standard InChI is InChI=1S/C26H31N2O15P3/c1-14-7-8-19(9-15(14)2)44(32,33)42-46(36,37)43-45(34,35)39-13-21-22(29)23(30)25(41-21)28-12-17-11-20(40-24(17)27-26(28)31)16-5-4-6-18(10-16)38-3/h4-12,21-25,29-30H,13H2,1-3H3,(H,27,31)(H,32,33)(H,34,35)(H,36,37)/t21-,22-,23-,24?,25-/m1/s1. The van der Waals surface area contributed by atoms with Crippen molar-refractivity contribution in [2.24, 2.45) is 0 Å². The Morgan fingerprint density at radius 2 is 1.70 bits per heavy atom. The summed E-state index contributed by atoms with van der Waals surface area (Å²) >= 11 is 0. The van der Waals surface area contributed by atoms with Gasteiger partial charge in [0, 0.05) is 17.3 Å². The molecule has 20 heteroatoms. The Balaban J connectivity index is 1.22. The number of aryl methyl sites for hydroxylation is 2. The highest BCUT2D eigenvalue weighted by atomic mass is 31.3. The number of phosphoric acid groups is 2. The monoisotopic (exact) mass is 704 g/mol. The lowest BCUT2D eigenvalue weighted by Gasteiger charge is -2.33. The third-order valence-corrected chi connectivity index (χ3v) is 12.0. The predicted octanol–water partition coefficient (Wildman–Crippen LogP) is 2.13. The van der Waals surface area contributed by atoms with Gasteiger partial charge in [0.1, 0.15) is 29.8 Å². The smallest absolute Gasteiger partial charge is 0.488 e. The third-order valence-electron chi connectivity index (χ3n) is 7.23. The summed E-state index contributed by atoms with van der Waals surface area (Å²) < 4.78 is 67.2. The minimum Gasteiger partial charge on any atom is -0.497 e. The highest BCUT2D eigenvalue weighted by Crippen LogP contribution is 2.67. The average Bonchev–Trinajstić information content (AvgIpc) is 3.51. The number of carbonyl (C=O) groups excluding carboxylic acids is 1. The lowest BCUT2D eigenvalue weighted by molar-refractivity contribution is -0.0671. The van der Waals surface area contributed by atoms with Gasteiger partial charge in [0.05, 0.1) is 19.0 Å². The molecule has 3 aliphatic heterocycles. The van der Waals surface area contributed by atoms with Crippen LogP contribution in [0, 0.1) is 13.8 Å². The van der Waals surface area contributed by atoms with E-state index in [2.05, 4.69) is 18.5 Å². The number of fused-ring (bicyclic) bond motifs is 1. The number of urea groups is 1. The number of benzene rings is 2. The first-order valence-electron chi connectivity index (χ1n) is 13.5. The van der Waals surface area contributed by atoms with Gasteiger partial charge in [-0.1, -0.05) is 18.2 Å². The second-order valence-corrected chi connectivity index (χ2v) is 15.5. The summed E-state index contributed by atoms with van der Waals surface area (Å²) in [6, 6.07) is 10.1. The zero-order valence-electron chi connectivity index (χ0n) is 24.4. The summed E-state index contributed by atoms with van der Waals surface area (Å²) in [6.45, 7) is 2.35. The van der Waals surface area contributed by atoms with Gasteiger partial charge in [-0.2, -0.15) is 4.31 Å². The summed E-state index contributed by atoms with van der Waals surface area (Å²) in [7, 11) is -14.7. The largest absolute Gasteiger partial charge is 0.497 e. The summed E-state index contributed by atoms with van der Waals surface area (Å²) in [5, 5.41) is 23.4. The van der Waals surface area contributed by atoms with E-state index in [4.69, 9.17) is 14.2 Å². The van der Waals surface area contributed by atoms with E-state index in [0.29, 0.717) is 28.2 Å². The molecule has 17 nitrogen and oxygen atoms in total. The Labute approximate surface area is 262 Å². The number of carbonyl (C=O) groups is 1. The fraction of sp³-hybridized carbons (Fsp3) is 0.346. The first kappa shape index (κ1) is 34.5. The third kappa shape index (κ3) is 7.47. The molecule has 0 aromatic heterocycles. The van der Waals surface area contributed by atoms with Crippen molar-refractivity contribution in [3.63, 3.8) is 0 Å². The van der Waals surface area contributed by atoms with Crippen LogP contribution in [0.5, 0.6) is 5.75 Å². The molecule has 2 aromatic carbocycles. The van der Waals surface area contributed by atoms with Gasteiger partial charge < -0.3 is 39.1 Å². The van der Waals surface area contributed by atoms with E-state index in [0.717, 1.165) is 10.5 Å². The SMILES string of the molecule is COc1cccc(C2=CC3=CN([C@@H]4O[C@H](COP(=O)(O)OP(=O)(O)OP(=O)(O)c5ccc(C)c(C)c5)[C@@H](O)[C@H]4O)C(=O)NC3O2)c1. The van der Waals surface area contributed by atoms with Crippen molar-refractivity contribution in [3.05, 3.63) is 77.0 Å². The molecular weight excluding hydrogens is 673 g/mol. The summed E-state index contributed by atoms with van der Waals surface area (Å²) in [6.07, 6.45) is -4.43. The van der Waals surface area contributed by atoms with Crippen molar-refractivity contribution >= 4 is 40.3 Å². The van der Waals surface area contributed by atoms with Crippen molar-refractivity contribution in [1.82, 2.24) is 10.2 Å². The molecule has 0 radical (unpaired) electrons. The molecular formula is C26H31N2O15P3. The van der Waals surface area contributed by atoms with Crippen LogP contribution in [0.2, 0.25) is 0 Å². The van der Waals surface area contributed by atoms with Gasteiger partial charge >= 0.3 is 29.3 Å². The number of aliphatic hydroxyl groups excluding tert-OH is 2. The van der Waals surface area contributed by atoms with Gasteiger partial charge in [0.25, 0.3) is 0 Å². The summed E-state index contributed by atoms with van der Waals surface area (Å²) in [4.78, 5) is 44.0. The molecule has 0 aliphatic carbocycles. The normalized spacial score (nSPS) is 28.1. The number of phosphoric ester groups is 1. The van der Waals surface area contributed by atoms with Crippen LogP contribution in [0.15, 0.2) is 60.3 Å². The van der Waals surface area contributed by atoms with E-state index in [-0.39, 0.29) is 5.30 Å². The Morgan fingerprint density at radius 3 is 2.39 bits per heavy atom. The van der Waals surface area contributed by atoms with E-state index >= 15 is 0 Å². The lowest BCUT2D eigenvalue weighted by Crippen LogP contribution is -2.54. The number of amides is 2. The van der Waals surface area contributed by atoms with E-state index in [1.54, 1.807) is 44.2 Å². The maximum atomic E-state index is 12.9. The van der Waals surface area contributed by atoms with Crippen molar-refractivity contribution < 1.29 is 70.7 Å². The molecule has 3 aliphatic rings. The van der Waals surface area contributed by atoms with Crippen LogP contribution in [0.25, 0.3) is 5.76 Å². The average molecular weight is 704 g/mol. The molecule has 250 valence electrons. The summed E-state index contributed by atoms with van der Waals surface area (Å²) in [5.74, 6) is 1.01. The fourth-order valence-corrected chi connectivity index (χ4v) is 8.79. The van der Waals surface area contributed by atoms with Gasteiger partial charge in [-0.05, 0) is 55.3 Å². The fourth-order valence-electron chi connectivity index (χ4n) is 4.72. The van der Waals surface area contributed by atoms with Crippen LogP contribution < -0.4 is 15.4 Å². The van der Waals surface area contributed by atoms with E-state index < -0.39 is 66.6 Å². The molecule has 1 fully saturated rings. The maximum Gasteiger partial charge on any atom is 0.488 e. The van der Waals surface area contributed by atoms with Gasteiger partial charge in [-0.3, -0.25) is 19.3 Å². The van der Waals surface area contributed by atoms with Gasteiger partial charge in [0.15, 0.2) is 6.23 Å². The zero-order valence-corrected chi connectivity index (χ0v) is 27.1. The van der Waals surface area contributed by atoms with Crippen molar-refractivity contribution in [2.45, 2.75) is 44.6 Å². The van der Waals surface area contributed by atoms with Gasteiger partial charge in [-0.25, -0.2) is 18.2 Å². The van der Waals surface area contributed by atoms with Crippen molar-refractivity contribution in [3.8, 4) is 5.75 Å². The number of hydrogen-bond donors (Lipinski definition) is 6. The number of rotatable bonds is 11. The molecule has 8 atom stereocenters. The Kier molecular flexibility index (Phi) is 9.71. The van der Waals surface area contributed by atoms with E-state index in [1.807, 2.05) is 0 Å². The van der Waals surface area contributed by atoms with Gasteiger partial charge in [0.2, 0.25) is 6.23 Å². The van der Waals surface area contributed by atoms with Crippen LogP contribution in [-0.4, -0.2) is 80.3 Å². The number of methoxy groups -OCH3 is 1. The molecule has 0 saturated carbocycles.